The van der Waals surface area contributed by atoms with Crippen molar-refractivity contribution in [3.8, 4) is 0 Å². The Morgan fingerprint density at radius 2 is 2.20 bits per heavy atom. The maximum Gasteiger partial charge on any atom is 0.161 e. The number of halogens is 1. The standard InChI is InChI=1S/C11H12ClNO2/c12-9-4-5-10(13-8-9)2-1-3-11-14-6-7-15-11/h1-2,4-5,8,11H,3,6-7H2. The maximum absolute atomic E-state index is 5.72. The van der Waals surface area contributed by atoms with Gasteiger partial charge in [0, 0.05) is 12.6 Å². The molecule has 2 heterocycles. The number of hydrogen-bond donors (Lipinski definition) is 0. The molecule has 1 saturated heterocycles. The molecule has 1 aliphatic heterocycles. The van der Waals surface area contributed by atoms with E-state index in [1.54, 1.807) is 6.20 Å². The van der Waals surface area contributed by atoms with Crippen molar-refractivity contribution in [3.05, 3.63) is 35.1 Å². The van der Waals surface area contributed by atoms with Gasteiger partial charge in [-0.05, 0) is 18.2 Å². The van der Waals surface area contributed by atoms with Gasteiger partial charge in [0.1, 0.15) is 0 Å². The monoisotopic (exact) mass is 225 g/mol. The van der Waals surface area contributed by atoms with E-state index < -0.39 is 0 Å². The Hall–Kier alpha value is -0.900. The fourth-order valence-corrected chi connectivity index (χ4v) is 1.44. The zero-order chi connectivity index (χ0) is 10.5. The van der Waals surface area contributed by atoms with Crippen molar-refractivity contribution in [2.45, 2.75) is 12.7 Å². The minimum Gasteiger partial charge on any atom is -0.350 e. The third kappa shape index (κ3) is 3.30. The number of nitrogens with zero attached hydrogens (tertiary/aromatic N) is 1. The fraction of sp³-hybridized carbons (Fsp3) is 0.364. The molecule has 0 atom stereocenters. The lowest BCUT2D eigenvalue weighted by Gasteiger charge is -2.03. The summed E-state index contributed by atoms with van der Waals surface area (Å²) in [6.45, 7) is 1.38. The summed E-state index contributed by atoms with van der Waals surface area (Å²) in [7, 11) is 0. The van der Waals surface area contributed by atoms with Crippen LogP contribution in [-0.2, 0) is 9.47 Å². The van der Waals surface area contributed by atoms with E-state index in [2.05, 4.69) is 4.98 Å². The van der Waals surface area contributed by atoms with E-state index in [4.69, 9.17) is 21.1 Å². The van der Waals surface area contributed by atoms with Gasteiger partial charge < -0.3 is 9.47 Å². The Labute approximate surface area is 93.7 Å². The molecule has 0 aromatic carbocycles. The predicted octanol–water partition coefficient (Wildman–Crippen LogP) is 2.51. The van der Waals surface area contributed by atoms with Crippen LogP contribution in [-0.4, -0.2) is 24.5 Å². The third-order valence-corrected chi connectivity index (χ3v) is 2.28. The van der Waals surface area contributed by atoms with E-state index in [1.807, 2.05) is 24.3 Å². The molecule has 0 aliphatic carbocycles. The van der Waals surface area contributed by atoms with Gasteiger partial charge in [-0.3, -0.25) is 4.98 Å². The first-order valence-corrected chi connectivity index (χ1v) is 5.24. The summed E-state index contributed by atoms with van der Waals surface area (Å²) in [5.74, 6) is 0. The molecule has 0 spiro atoms. The first-order valence-electron chi connectivity index (χ1n) is 4.86. The average molecular weight is 226 g/mol. The van der Waals surface area contributed by atoms with E-state index in [1.165, 1.54) is 0 Å². The molecule has 2 rings (SSSR count). The van der Waals surface area contributed by atoms with Gasteiger partial charge in [-0.2, -0.15) is 0 Å². The van der Waals surface area contributed by atoms with Crippen LogP contribution < -0.4 is 0 Å². The summed E-state index contributed by atoms with van der Waals surface area (Å²) in [5.41, 5.74) is 0.886. The Bertz CT molecular complexity index is 331. The molecule has 0 unspecified atom stereocenters. The van der Waals surface area contributed by atoms with Gasteiger partial charge >= 0.3 is 0 Å². The molecule has 1 aliphatic rings. The highest BCUT2D eigenvalue weighted by molar-refractivity contribution is 6.30. The Balaban J connectivity index is 1.85. The zero-order valence-corrected chi connectivity index (χ0v) is 8.98. The van der Waals surface area contributed by atoms with E-state index in [9.17, 15) is 0 Å². The summed E-state index contributed by atoms with van der Waals surface area (Å²) in [6, 6.07) is 3.69. The first kappa shape index (κ1) is 10.6. The van der Waals surface area contributed by atoms with Crippen molar-refractivity contribution < 1.29 is 9.47 Å². The van der Waals surface area contributed by atoms with Crippen molar-refractivity contribution in [1.82, 2.24) is 4.98 Å². The number of ether oxygens (including phenoxy) is 2. The molecule has 0 radical (unpaired) electrons. The minimum absolute atomic E-state index is 0.0893. The van der Waals surface area contributed by atoms with E-state index in [0.717, 1.165) is 12.1 Å². The minimum atomic E-state index is -0.0893. The van der Waals surface area contributed by atoms with Crippen molar-refractivity contribution >= 4 is 17.7 Å². The SMILES string of the molecule is Clc1ccc(C=CCC2OCCO2)nc1. The first-order chi connectivity index (χ1) is 7.34. The molecular formula is C11H12ClNO2. The molecule has 1 aromatic heterocycles. The normalized spacial score (nSPS) is 17.7. The maximum atomic E-state index is 5.72. The highest BCUT2D eigenvalue weighted by Crippen LogP contribution is 2.11. The van der Waals surface area contributed by atoms with Gasteiger partial charge in [-0.15, -0.1) is 0 Å². The van der Waals surface area contributed by atoms with Crippen LogP contribution in [0.25, 0.3) is 6.08 Å². The van der Waals surface area contributed by atoms with Crippen LogP contribution in [0, 0.1) is 0 Å². The Morgan fingerprint density at radius 1 is 1.40 bits per heavy atom. The molecule has 1 aromatic rings. The second-order valence-corrected chi connectivity index (χ2v) is 3.65. The summed E-state index contributed by atoms with van der Waals surface area (Å²) in [6.07, 6.45) is 6.22. The van der Waals surface area contributed by atoms with Crippen LogP contribution in [0.1, 0.15) is 12.1 Å². The van der Waals surface area contributed by atoms with Crippen LogP contribution in [0.2, 0.25) is 5.02 Å². The van der Waals surface area contributed by atoms with E-state index in [-0.39, 0.29) is 6.29 Å². The molecule has 0 saturated carbocycles. The van der Waals surface area contributed by atoms with Crippen molar-refractivity contribution in [2.24, 2.45) is 0 Å². The third-order valence-electron chi connectivity index (χ3n) is 2.06. The second-order valence-electron chi connectivity index (χ2n) is 3.21. The molecule has 0 N–H and O–H groups in total. The van der Waals surface area contributed by atoms with Gasteiger partial charge in [0.05, 0.1) is 23.9 Å². The van der Waals surface area contributed by atoms with Crippen LogP contribution in [0.15, 0.2) is 24.4 Å². The van der Waals surface area contributed by atoms with Gasteiger partial charge in [-0.25, -0.2) is 0 Å². The van der Waals surface area contributed by atoms with Crippen molar-refractivity contribution in [3.63, 3.8) is 0 Å². The number of pyridine rings is 1. The molecule has 3 nitrogen and oxygen atoms in total. The number of aromatic nitrogens is 1. The Kier molecular flexibility index (Phi) is 3.72. The molecule has 1 fully saturated rings. The predicted molar refractivity (Wildman–Crippen MR) is 58.6 cm³/mol. The van der Waals surface area contributed by atoms with E-state index in [0.29, 0.717) is 18.2 Å². The van der Waals surface area contributed by atoms with Crippen LogP contribution in [0.5, 0.6) is 0 Å². The quantitative estimate of drug-likeness (QED) is 0.792. The smallest absolute Gasteiger partial charge is 0.161 e. The lowest BCUT2D eigenvalue weighted by atomic mass is 10.3. The summed E-state index contributed by atoms with van der Waals surface area (Å²) in [5, 5.41) is 0.648. The van der Waals surface area contributed by atoms with Gasteiger partial charge in [0.2, 0.25) is 0 Å². The molecule has 80 valence electrons. The van der Waals surface area contributed by atoms with Crippen molar-refractivity contribution in [1.29, 1.82) is 0 Å². The largest absolute Gasteiger partial charge is 0.350 e. The van der Waals surface area contributed by atoms with Crippen molar-refractivity contribution in [2.75, 3.05) is 13.2 Å². The molecule has 0 amide bonds. The number of rotatable bonds is 3. The topological polar surface area (TPSA) is 31.4 Å². The van der Waals surface area contributed by atoms with Gasteiger partial charge in [0.25, 0.3) is 0 Å². The van der Waals surface area contributed by atoms with Crippen LogP contribution in [0.4, 0.5) is 0 Å². The summed E-state index contributed by atoms with van der Waals surface area (Å²) >= 11 is 5.72. The highest BCUT2D eigenvalue weighted by atomic mass is 35.5. The lowest BCUT2D eigenvalue weighted by Crippen LogP contribution is -2.04. The van der Waals surface area contributed by atoms with Gasteiger partial charge in [0.15, 0.2) is 6.29 Å². The van der Waals surface area contributed by atoms with Crippen LogP contribution in [0.3, 0.4) is 0 Å². The zero-order valence-electron chi connectivity index (χ0n) is 8.23. The lowest BCUT2D eigenvalue weighted by molar-refractivity contribution is -0.0379. The summed E-state index contributed by atoms with van der Waals surface area (Å²) in [4.78, 5) is 4.14. The summed E-state index contributed by atoms with van der Waals surface area (Å²) < 4.78 is 10.6. The molecule has 15 heavy (non-hydrogen) atoms. The molecule has 4 heteroatoms. The molecular weight excluding hydrogens is 214 g/mol. The second kappa shape index (κ2) is 5.26. The van der Waals surface area contributed by atoms with E-state index >= 15 is 0 Å². The number of hydrogen-bond acceptors (Lipinski definition) is 3. The Morgan fingerprint density at radius 3 is 2.87 bits per heavy atom. The van der Waals surface area contributed by atoms with Gasteiger partial charge in [-0.1, -0.05) is 17.7 Å². The molecule has 0 bridgehead atoms. The fourth-order valence-electron chi connectivity index (χ4n) is 1.33. The average Bonchev–Trinajstić information content (AvgIpc) is 2.74. The van der Waals surface area contributed by atoms with Crippen LogP contribution >= 0.6 is 11.6 Å². The highest BCUT2D eigenvalue weighted by Gasteiger charge is 2.13.